The molecule has 7 heteroatoms. The minimum absolute atomic E-state index is 0.0614. The predicted octanol–water partition coefficient (Wildman–Crippen LogP) is 4.27. The number of carbonyl (C=O) groups is 1. The molecule has 0 atom stereocenters. The molecular formula is C21H18F2N4O. The van der Waals surface area contributed by atoms with Crippen molar-refractivity contribution in [3.63, 3.8) is 0 Å². The highest BCUT2D eigenvalue weighted by Crippen LogP contribution is 2.24. The number of amides is 1. The third-order valence-corrected chi connectivity index (χ3v) is 4.62. The minimum Gasteiger partial charge on any atom is -0.357 e. The maximum Gasteiger partial charge on any atom is 0.255 e. The van der Waals surface area contributed by atoms with Crippen LogP contribution in [0, 0.1) is 11.6 Å². The van der Waals surface area contributed by atoms with Gasteiger partial charge in [0, 0.05) is 42.0 Å². The molecule has 0 saturated carbocycles. The number of aromatic nitrogens is 2. The molecule has 2 aromatic carbocycles. The zero-order valence-corrected chi connectivity index (χ0v) is 15.0. The molecule has 142 valence electrons. The Morgan fingerprint density at radius 1 is 0.964 bits per heavy atom. The molecule has 3 aromatic rings. The zero-order valence-electron chi connectivity index (χ0n) is 15.0. The van der Waals surface area contributed by atoms with Crippen molar-refractivity contribution in [2.75, 3.05) is 23.3 Å². The second-order valence-corrected chi connectivity index (χ2v) is 6.65. The van der Waals surface area contributed by atoms with Gasteiger partial charge in [0.15, 0.2) is 0 Å². The largest absolute Gasteiger partial charge is 0.357 e. The molecule has 1 fully saturated rings. The van der Waals surface area contributed by atoms with E-state index in [0.717, 1.165) is 55.5 Å². The maximum absolute atomic E-state index is 13.3. The number of halogens is 2. The Balaban J connectivity index is 1.57. The van der Waals surface area contributed by atoms with Gasteiger partial charge in [0.1, 0.15) is 23.8 Å². The Bertz CT molecular complexity index is 999. The van der Waals surface area contributed by atoms with Crippen molar-refractivity contribution >= 4 is 17.4 Å². The maximum atomic E-state index is 13.3. The average molecular weight is 380 g/mol. The molecule has 0 aliphatic carbocycles. The number of nitrogens with one attached hydrogen (secondary N) is 1. The summed E-state index contributed by atoms with van der Waals surface area (Å²) in [6.07, 6.45) is 3.82. The third-order valence-electron chi connectivity index (χ3n) is 4.62. The van der Waals surface area contributed by atoms with Crippen molar-refractivity contribution < 1.29 is 13.6 Å². The summed E-state index contributed by atoms with van der Waals surface area (Å²) in [6.45, 7) is 1.95. The van der Waals surface area contributed by atoms with Crippen molar-refractivity contribution in [2.24, 2.45) is 0 Å². The van der Waals surface area contributed by atoms with Gasteiger partial charge in [-0.05, 0) is 37.1 Å². The van der Waals surface area contributed by atoms with Crippen LogP contribution in [0.2, 0.25) is 0 Å². The molecule has 4 rings (SSSR count). The number of hydrogen-bond donors (Lipinski definition) is 1. The second kappa shape index (κ2) is 7.72. The van der Waals surface area contributed by atoms with E-state index in [9.17, 15) is 13.6 Å². The smallest absolute Gasteiger partial charge is 0.255 e. The summed E-state index contributed by atoms with van der Waals surface area (Å²) in [6, 6.07) is 11.7. The van der Waals surface area contributed by atoms with Gasteiger partial charge in [-0.3, -0.25) is 4.79 Å². The fraction of sp³-hybridized carbons (Fsp3) is 0.190. The molecule has 1 aliphatic heterocycles. The Hall–Kier alpha value is -3.35. The van der Waals surface area contributed by atoms with Crippen LogP contribution in [0.4, 0.5) is 20.3 Å². The fourth-order valence-corrected chi connectivity index (χ4v) is 3.27. The van der Waals surface area contributed by atoms with Gasteiger partial charge in [0.2, 0.25) is 0 Å². The second-order valence-electron chi connectivity index (χ2n) is 6.65. The average Bonchev–Trinajstić information content (AvgIpc) is 3.22. The quantitative estimate of drug-likeness (QED) is 0.734. The van der Waals surface area contributed by atoms with E-state index in [0.29, 0.717) is 11.3 Å². The highest BCUT2D eigenvalue weighted by atomic mass is 19.1. The lowest BCUT2D eigenvalue weighted by atomic mass is 10.1. The van der Waals surface area contributed by atoms with Crippen LogP contribution < -0.4 is 10.2 Å². The lowest BCUT2D eigenvalue weighted by molar-refractivity contribution is 0.102. The Morgan fingerprint density at radius 3 is 2.46 bits per heavy atom. The monoisotopic (exact) mass is 380 g/mol. The van der Waals surface area contributed by atoms with Gasteiger partial charge >= 0.3 is 0 Å². The molecule has 1 amide bonds. The van der Waals surface area contributed by atoms with Gasteiger partial charge < -0.3 is 10.2 Å². The van der Waals surface area contributed by atoms with E-state index in [2.05, 4.69) is 20.2 Å². The third kappa shape index (κ3) is 3.98. The molecule has 28 heavy (non-hydrogen) atoms. The zero-order chi connectivity index (χ0) is 19.5. The van der Waals surface area contributed by atoms with E-state index >= 15 is 0 Å². The van der Waals surface area contributed by atoms with Gasteiger partial charge in [-0.2, -0.15) is 0 Å². The molecule has 0 bridgehead atoms. The first-order chi connectivity index (χ1) is 13.6. The van der Waals surface area contributed by atoms with Crippen LogP contribution in [-0.2, 0) is 0 Å². The topological polar surface area (TPSA) is 58.1 Å². The van der Waals surface area contributed by atoms with Gasteiger partial charge in [-0.15, -0.1) is 0 Å². The summed E-state index contributed by atoms with van der Waals surface area (Å²) in [7, 11) is 0. The molecule has 1 aliphatic rings. The summed E-state index contributed by atoms with van der Waals surface area (Å²) >= 11 is 0. The Kier molecular flexibility index (Phi) is 4.97. The van der Waals surface area contributed by atoms with E-state index in [4.69, 9.17) is 0 Å². The molecular weight excluding hydrogens is 362 g/mol. The standard InChI is InChI=1S/C21H18F2N4O/c22-16-9-17(23)11-18(10-16)26-21(28)15-5-3-4-14(8-15)19-12-20(25-13-24-19)27-6-1-2-7-27/h3-5,8-13H,1-2,6-7H2,(H,26,28). The SMILES string of the molecule is O=C(Nc1cc(F)cc(F)c1)c1cccc(-c2cc(N3CCCC3)ncn2)c1. The van der Waals surface area contributed by atoms with Crippen molar-refractivity contribution in [3.8, 4) is 11.3 Å². The van der Waals surface area contributed by atoms with Crippen LogP contribution in [0.15, 0.2) is 54.9 Å². The number of anilines is 2. The number of carbonyl (C=O) groups excluding carboxylic acids is 1. The Morgan fingerprint density at radius 2 is 1.71 bits per heavy atom. The molecule has 0 radical (unpaired) electrons. The molecule has 1 saturated heterocycles. The first-order valence-corrected chi connectivity index (χ1v) is 9.03. The summed E-state index contributed by atoms with van der Waals surface area (Å²) < 4.78 is 26.6. The first kappa shape index (κ1) is 18.0. The highest BCUT2D eigenvalue weighted by Gasteiger charge is 2.15. The van der Waals surface area contributed by atoms with Crippen LogP contribution in [0.3, 0.4) is 0 Å². The van der Waals surface area contributed by atoms with Crippen LogP contribution >= 0.6 is 0 Å². The number of hydrogen-bond acceptors (Lipinski definition) is 4. The van der Waals surface area contributed by atoms with E-state index in [1.807, 2.05) is 12.1 Å². The first-order valence-electron chi connectivity index (χ1n) is 9.03. The summed E-state index contributed by atoms with van der Waals surface area (Å²) in [5.74, 6) is -1.09. The van der Waals surface area contributed by atoms with Crippen LogP contribution in [-0.4, -0.2) is 29.0 Å². The number of benzene rings is 2. The van der Waals surface area contributed by atoms with Gasteiger partial charge in [-0.1, -0.05) is 12.1 Å². The van der Waals surface area contributed by atoms with E-state index in [1.165, 1.54) is 6.33 Å². The number of rotatable bonds is 4. The molecule has 5 nitrogen and oxygen atoms in total. The fourth-order valence-electron chi connectivity index (χ4n) is 3.27. The van der Waals surface area contributed by atoms with E-state index in [-0.39, 0.29) is 5.69 Å². The Labute approximate surface area is 161 Å². The van der Waals surface area contributed by atoms with Crippen molar-refractivity contribution in [1.82, 2.24) is 9.97 Å². The summed E-state index contributed by atoms with van der Waals surface area (Å²) in [5, 5.41) is 2.51. The normalized spacial score (nSPS) is 13.6. The van der Waals surface area contributed by atoms with Gasteiger partial charge in [0.25, 0.3) is 5.91 Å². The summed E-state index contributed by atoms with van der Waals surface area (Å²) in [5.41, 5.74) is 1.90. The van der Waals surface area contributed by atoms with Gasteiger partial charge in [0.05, 0.1) is 5.69 Å². The molecule has 0 unspecified atom stereocenters. The highest BCUT2D eigenvalue weighted by molar-refractivity contribution is 6.04. The van der Waals surface area contributed by atoms with Crippen LogP contribution in [0.25, 0.3) is 11.3 Å². The van der Waals surface area contributed by atoms with Crippen molar-refractivity contribution in [2.45, 2.75) is 12.8 Å². The number of nitrogens with zero attached hydrogens (tertiary/aromatic N) is 3. The van der Waals surface area contributed by atoms with Crippen molar-refractivity contribution in [3.05, 3.63) is 72.1 Å². The molecule has 0 spiro atoms. The van der Waals surface area contributed by atoms with Gasteiger partial charge in [-0.25, -0.2) is 18.7 Å². The van der Waals surface area contributed by atoms with Crippen molar-refractivity contribution in [1.29, 1.82) is 0 Å². The van der Waals surface area contributed by atoms with Crippen LogP contribution in [0.5, 0.6) is 0 Å². The lowest BCUT2D eigenvalue weighted by Gasteiger charge is -2.16. The minimum atomic E-state index is -0.750. The molecule has 1 N–H and O–H groups in total. The molecule has 1 aromatic heterocycles. The van der Waals surface area contributed by atoms with E-state index < -0.39 is 17.5 Å². The predicted molar refractivity (Wildman–Crippen MR) is 103 cm³/mol. The summed E-state index contributed by atoms with van der Waals surface area (Å²) in [4.78, 5) is 23.4. The molecule has 2 heterocycles. The van der Waals surface area contributed by atoms with E-state index in [1.54, 1.807) is 18.2 Å². The lowest BCUT2D eigenvalue weighted by Crippen LogP contribution is -2.19. The van der Waals surface area contributed by atoms with Crippen LogP contribution in [0.1, 0.15) is 23.2 Å².